The molecule has 7 nitrogen and oxygen atoms in total. The number of hydrogen-bond acceptors (Lipinski definition) is 7. The maximum atomic E-state index is 12.9. The Kier molecular flexibility index (Phi) is 5.81. The van der Waals surface area contributed by atoms with Crippen molar-refractivity contribution in [2.24, 2.45) is 17.8 Å². The van der Waals surface area contributed by atoms with Crippen molar-refractivity contribution in [1.82, 2.24) is 0 Å². The van der Waals surface area contributed by atoms with Crippen LogP contribution in [0.4, 0.5) is 8.78 Å². The summed E-state index contributed by atoms with van der Waals surface area (Å²) in [4.78, 5) is 12.0. The smallest absolute Gasteiger partial charge is 0.357 e. The second-order valence-corrected chi connectivity index (χ2v) is 8.00. The normalized spacial score (nSPS) is 28.6. The van der Waals surface area contributed by atoms with E-state index in [1.54, 1.807) is 0 Å². The molecule has 25 heavy (non-hydrogen) atoms. The van der Waals surface area contributed by atoms with Crippen molar-refractivity contribution in [3.05, 3.63) is 12.2 Å². The van der Waals surface area contributed by atoms with Crippen molar-refractivity contribution in [2.75, 3.05) is 13.2 Å². The lowest BCUT2D eigenvalue weighted by Crippen LogP contribution is -2.34. The fraction of sp³-hybridized carbons (Fsp3) is 0.733. The van der Waals surface area contributed by atoms with E-state index in [1.807, 2.05) is 0 Å². The van der Waals surface area contributed by atoms with Gasteiger partial charge in [0.15, 0.2) is 10.1 Å². The minimum atomic E-state index is -5.84. The number of nitriles is 1. The van der Waals surface area contributed by atoms with Crippen LogP contribution in [0.3, 0.4) is 0 Å². The van der Waals surface area contributed by atoms with Crippen LogP contribution < -0.4 is 0 Å². The fourth-order valence-corrected chi connectivity index (χ4v) is 3.79. The molecule has 10 heteroatoms. The maximum absolute atomic E-state index is 12.9. The number of halogens is 2. The molecule has 2 fully saturated rings. The largest absolute Gasteiger partial charge is 0.743 e. The van der Waals surface area contributed by atoms with Crippen molar-refractivity contribution < 1.29 is 36.0 Å². The Labute approximate surface area is 144 Å². The molecule has 0 aromatic heterocycles. The van der Waals surface area contributed by atoms with Crippen molar-refractivity contribution in [2.45, 2.75) is 37.0 Å². The summed E-state index contributed by atoms with van der Waals surface area (Å²) in [6.45, 7) is 1.03. The lowest BCUT2D eigenvalue weighted by atomic mass is 9.85. The molecule has 4 atom stereocenters. The van der Waals surface area contributed by atoms with Crippen LogP contribution in [-0.4, -0.2) is 43.5 Å². The number of rotatable bonds is 8. The number of carbonyl (C=O) groups excluding carboxylic acids is 1. The zero-order valence-electron chi connectivity index (χ0n) is 13.3. The molecule has 0 aromatic rings. The monoisotopic (exact) mass is 378 g/mol. The average Bonchev–Trinajstić information content (AvgIpc) is 3.05. The van der Waals surface area contributed by atoms with E-state index in [2.05, 4.69) is 17.4 Å². The quantitative estimate of drug-likeness (QED) is 0.357. The van der Waals surface area contributed by atoms with Crippen LogP contribution in [0, 0.1) is 29.1 Å². The Morgan fingerprint density at radius 2 is 2.04 bits per heavy atom. The Morgan fingerprint density at radius 1 is 1.36 bits per heavy atom. The van der Waals surface area contributed by atoms with E-state index >= 15 is 0 Å². The third kappa shape index (κ3) is 4.54. The molecular weight excluding hydrogens is 360 g/mol. The fourth-order valence-electron chi connectivity index (χ4n) is 3.56. The van der Waals surface area contributed by atoms with E-state index < -0.39 is 34.6 Å². The Hall–Kier alpha value is -1.57. The minimum absolute atomic E-state index is 0.109. The topological polar surface area (TPSA) is 117 Å². The van der Waals surface area contributed by atoms with E-state index in [4.69, 9.17) is 10.00 Å². The molecule has 2 saturated carbocycles. The van der Waals surface area contributed by atoms with Crippen LogP contribution in [0.15, 0.2) is 12.2 Å². The highest BCUT2D eigenvalue weighted by Gasteiger charge is 2.48. The lowest BCUT2D eigenvalue weighted by Gasteiger charge is -2.28. The van der Waals surface area contributed by atoms with Gasteiger partial charge in [0.05, 0.1) is 18.2 Å². The van der Waals surface area contributed by atoms with Gasteiger partial charge in [0.2, 0.25) is 0 Å². The van der Waals surface area contributed by atoms with Crippen LogP contribution in [0.25, 0.3) is 0 Å². The van der Waals surface area contributed by atoms with Gasteiger partial charge >= 0.3 is 11.2 Å². The molecule has 0 aliphatic heterocycles. The zero-order valence-corrected chi connectivity index (χ0v) is 14.1. The summed E-state index contributed by atoms with van der Waals surface area (Å²) in [6.07, 6.45) is 2.58. The van der Waals surface area contributed by atoms with Gasteiger partial charge in [-0.1, -0.05) is 6.58 Å². The van der Waals surface area contributed by atoms with E-state index in [0.717, 1.165) is 12.8 Å². The van der Waals surface area contributed by atoms with Crippen molar-refractivity contribution in [1.29, 1.82) is 5.26 Å². The number of alkyl halides is 2. The molecule has 2 aliphatic rings. The first-order valence-corrected chi connectivity index (χ1v) is 9.12. The van der Waals surface area contributed by atoms with Gasteiger partial charge in [-0.05, 0) is 31.1 Å². The molecule has 0 saturated heterocycles. The van der Waals surface area contributed by atoms with E-state index in [-0.39, 0.29) is 23.5 Å². The predicted octanol–water partition coefficient (Wildman–Crippen LogP) is 1.57. The summed E-state index contributed by atoms with van der Waals surface area (Å²) in [5.41, 5.74) is -0.251. The molecule has 2 rings (SSSR count). The van der Waals surface area contributed by atoms with E-state index in [1.165, 1.54) is 0 Å². The zero-order chi connectivity index (χ0) is 18.8. The molecule has 0 N–H and O–H groups in total. The van der Waals surface area contributed by atoms with Gasteiger partial charge in [-0.3, -0.25) is 0 Å². The molecule has 2 aliphatic carbocycles. The average molecular weight is 378 g/mol. The highest BCUT2D eigenvalue weighted by Crippen LogP contribution is 2.50. The molecule has 0 spiro atoms. The van der Waals surface area contributed by atoms with Crippen molar-refractivity contribution >= 4 is 16.1 Å². The number of fused-ring (bicyclic) bond motifs is 2. The Balaban J connectivity index is 1.80. The summed E-state index contributed by atoms with van der Waals surface area (Å²) >= 11 is 0. The number of carbonyl (C=O) groups is 1. The Morgan fingerprint density at radius 3 is 2.60 bits per heavy atom. The number of nitrogens with zero attached hydrogens (tertiary/aromatic N) is 1. The van der Waals surface area contributed by atoms with Gasteiger partial charge < -0.3 is 14.0 Å². The summed E-state index contributed by atoms with van der Waals surface area (Å²) in [5.74, 6) is -0.113. The van der Waals surface area contributed by atoms with Gasteiger partial charge in [0.1, 0.15) is 12.7 Å². The molecule has 0 aromatic carbocycles. The molecular formula is C15H18F2NO6S-. The van der Waals surface area contributed by atoms with Crippen LogP contribution >= 0.6 is 0 Å². The Bertz CT molecular complexity index is 687. The van der Waals surface area contributed by atoms with E-state index in [0.29, 0.717) is 18.8 Å². The summed E-state index contributed by atoms with van der Waals surface area (Å²) < 4.78 is 66.6. The van der Waals surface area contributed by atoms with Crippen LogP contribution in [0.5, 0.6) is 0 Å². The highest BCUT2D eigenvalue weighted by molar-refractivity contribution is 7.86. The second kappa shape index (κ2) is 7.35. The third-order valence-corrected chi connectivity index (χ3v) is 5.55. The summed E-state index contributed by atoms with van der Waals surface area (Å²) in [5, 5.41) is 4.24. The van der Waals surface area contributed by atoms with Gasteiger partial charge in [0, 0.05) is 12.3 Å². The highest BCUT2D eigenvalue weighted by atomic mass is 32.2. The van der Waals surface area contributed by atoms with Crippen molar-refractivity contribution in [3.8, 4) is 6.07 Å². The summed E-state index contributed by atoms with van der Waals surface area (Å²) in [7, 11) is -5.84. The van der Waals surface area contributed by atoms with Crippen molar-refractivity contribution in [3.63, 3.8) is 0 Å². The first-order chi connectivity index (χ1) is 11.5. The van der Waals surface area contributed by atoms with Crippen LogP contribution in [-0.2, 0) is 24.4 Å². The second-order valence-electron chi connectivity index (χ2n) is 6.49. The number of hydrogen-bond donors (Lipinski definition) is 0. The molecule has 2 bridgehead atoms. The first kappa shape index (κ1) is 19.8. The number of ether oxygens (including phenoxy) is 2. The summed E-state index contributed by atoms with van der Waals surface area (Å²) in [6, 6.07) is 2.12. The third-order valence-electron chi connectivity index (χ3n) is 4.70. The van der Waals surface area contributed by atoms with Gasteiger partial charge in [-0.25, -0.2) is 13.2 Å². The van der Waals surface area contributed by atoms with Crippen LogP contribution in [0.2, 0.25) is 0 Å². The predicted molar refractivity (Wildman–Crippen MR) is 79.0 cm³/mol. The van der Waals surface area contributed by atoms with E-state index in [9.17, 15) is 26.5 Å². The number of esters is 1. The SMILES string of the molecule is C=C(COCC(F)(F)S(=O)(=O)[O-])C(=O)OC1CC2CC(CC#N)C1C2. The molecule has 4 unspecified atom stereocenters. The van der Waals surface area contributed by atoms with Crippen LogP contribution in [0.1, 0.15) is 25.7 Å². The molecule has 0 amide bonds. The standard InChI is InChI=1S/C15H19F2NO6S/c1-9(7-23-8-15(16,17)25(20,21)22)14(19)24-13-6-10-4-11(2-3-18)12(13)5-10/h10-13H,1-2,4-8H2,(H,20,21,22)/p-1. The lowest BCUT2D eigenvalue weighted by molar-refractivity contribution is -0.148. The minimum Gasteiger partial charge on any atom is -0.743 e. The molecule has 0 heterocycles. The molecule has 0 radical (unpaired) electrons. The van der Waals surface area contributed by atoms with Gasteiger partial charge in [-0.15, -0.1) is 0 Å². The van der Waals surface area contributed by atoms with Gasteiger partial charge in [0.25, 0.3) is 0 Å². The van der Waals surface area contributed by atoms with Gasteiger partial charge in [-0.2, -0.15) is 14.0 Å². The molecule has 140 valence electrons. The maximum Gasteiger partial charge on any atom is 0.357 e. The first-order valence-electron chi connectivity index (χ1n) is 7.72.